The summed E-state index contributed by atoms with van der Waals surface area (Å²) in [6.45, 7) is 3.69. The molecule has 1 unspecified atom stereocenters. The number of phenolic OH excluding ortho intramolecular Hbond substituents is 2. The zero-order valence-corrected chi connectivity index (χ0v) is 19.8. The van der Waals surface area contributed by atoms with Crippen LogP contribution in [-0.2, 0) is 9.53 Å². The minimum atomic E-state index is -1.08. The summed E-state index contributed by atoms with van der Waals surface area (Å²) in [5.41, 5.74) is 0.890. The maximum absolute atomic E-state index is 13.2. The lowest BCUT2D eigenvalue weighted by atomic mass is 9.85. The molecular formula is C27H26O8. The summed E-state index contributed by atoms with van der Waals surface area (Å²) in [5, 5.41) is 20.2. The first-order chi connectivity index (χ1) is 16.7. The van der Waals surface area contributed by atoms with Gasteiger partial charge in [-0.2, -0.15) is 0 Å². The fourth-order valence-electron chi connectivity index (χ4n) is 3.60. The van der Waals surface area contributed by atoms with Gasteiger partial charge in [0, 0.05) is 18.1 Å². The van der Waals surface area contributed by atoms with Crippen LogP contribution in [0.3, 0.4) is 0 Å². The van der Waals surface area contributed by atoms with Gasteiger partial charge >= 0.3 is 5.97 Å². The normalized spacial score (nSPS) is 13.7. The number of benzene rings is 2. The van der Waals surface area contributed by atoms with Crippen molar-refractivity contribution >= 4 is 23.6 Å². The third-order valence-electron chi connectivity index (χ3n) is 5.35. The third-order valence-corrected chi connectivity index (χ3v) is 5.35. The Bertz CT molecular complexity index is 1260. The van der Waals surface area contributed by atoms with Gasteiger partial charge in [-0.05, 0) is 55.8 Å². The number of hydrogen-bond acceptors (Lipinski definition) is 8. The molecule has 0 radical (unpaired) electrons. The molecule has 0 heterocycles. The highest BCUT2D eigenvalue weighted by Crippen LogP contribution is 2.36. The fourth-order valence-corrected chi connectivity index (χ4v) is 3.60. The third kappa shape index (κ3) is 5.60. The number of ether oxygens (including phenoxy) is 3. The van der Waals surface area contributed by atoms with Crippen molar-refractivity contribution in [1.29, 1.82) is 0 Å². The molecule has 0 fully saturated rings. The average molecular weight is 478 g/mol. The molecule has 1 aliphatic carbocycles. The Morgan fingerprint density at radius 3 is 2.26 bits per heavy atom. The van der Waals surface area contributed by atoms with Gasteiger partial charge < -0.3 is 24.4 Å². The van der Waals surface area contributed by atoms with Crippen molar-refractivity contribution in [2.45, 2.75) is 26.4 Å². The molecule has 182 valence electrons. The summed E-state index contributed by atoms with van der Waals surface area (Å²) < 4.78 is 16.0. The summed E-state index contributed by atoms with van der Waals surface area (Å²) in [6.07, 6.45) is 4.58. The average Bonchev–Trinajstić information content (AvgIpc) is 2.83. The maximum atomic E-state index is 13.2. The number of carbonyl (C=O) groups is 3. The van der Waals surface area contributed by atoms with Gasteiger partial charge in [0.1, 0.15) is 17.6 Å². The minimum Gasteiger partial charge on any atom is -0.507 e. The maximum Gasteiger partial charge on any atom is 0.331 e. The van der Waals surface area contributed by atoms with Gasteiger partial charge in [0.2, 0.25) is 0 Å². The second-order valence-electron chi connectivity index (χ2n) is 8.04. The highest BCUT2D eigenvalue weighted by Gasteiger charge is 2.35. The molecule has 0 saturated heterocycles. The molecule has 3 rings (SSSR count). The number of ketones is 2. The lowest BCUT2D eigenvalue weighted by Crippen LogP contribution is -2.28. The van der Waals surface area contributed by atoms with Crippen molar-refractivity contribution in [1.82, 2.24) is 0 Å². The van der Waals surface area contributed by atoms with Crippen LogP contribution in [0.25, 0.3) is 6.08 Å². The van der Waals surface area contributed by atoms with E-state index in [-0.39, 0.29) is 23.1 Å². The Morgan fingerprint density at radius 1 is 0.971 bits per heavy atom. The molecule has 8 heteroatoms. The minimum absolute atomic E-state index is 0.0891. The van der Waals surface area contributed by atoms with Gasteiger partial charge in [0.15, 0.2) is 23.1 Å². The Hall–Kier alpha value is -4.33. The Kier molecular flexibility index (Phi) is 7.76. The number of phenols is 2. The number of allylic oxidation sites excluding steroid dienone is 2. The summed E-state index contributed by atoms with van der Waals surface area (Å²) >= 11 is 0. The lowest BCUT2D eigenvalue weighted by Gasteiger charge is -2.23. The topological polar surface area (TPSA) is 119 Å². The molecule has 1 atom stereocenters. The first kappa shape index (κ1) is 25.3. The van der Waals surface area contributed by atoms with Crippen LogP contribution in [-0.4, -0.2) is 48.1 Å². The van der Waals surface area contributed by atoms with Crippen molar-refractivity contribution < 1.29 is 38.8 Å². The van der Waals surface area contributed by atoms with E-state index in [0.29, 0.717) is 17.1 Å². The van der Waals surface area contributed by atoms with Crippen molar-refractivity contribution in [2.24, 2.45) is 0 Å². The van der Waals surface area contributed by atoms with E-state index in [4.69, 9.17) is 14.2 Å². The number of rotatable bonds is 8. The quantitative estimate of drug-likeness (QED) is 0.248. The van der Waals surface area contributed by atoms with E-state index in [1.165, 1.54) is 26.4 Å². The van der Waals surface area contributed by atoms with Crippen LogP contribution in [0.4, 0.5) is 0 Å². The monoisotopic (exact) mass is 478 g/mol. The second-order valence-corrected chi connectivity index (χ2v) is 8.04. The number of methoxy groups -OCH3 is 2. The van der Waals surface area contributed by atoms with Crippen molar-refractivity contribution in [3.05, 3.63) is 76.4 Å². The van der Waals surface area contributed by atoms with E-state index in [0.717, 1.165) is 23.8 Å². The van der Waals surface area contributed by atoms with Gasteiger partial charge in [-0.25, -0.2) is 4.79 Å². The SMILES string of the molecule is COc1ccc(/C=C/C(=O)OC(CC=C(C)C)C2=CC(=O)c3c(O)ccc(O)c3C2=O)cc1OC. The predicted molar refractivity (Wildman–Crippen MR) is 129 cm³/mol. The molecule has 0 amide bonds. The zero-order valence-electron chi connectivity index (χ0n) is 19.8. The van der Waals surface area contributed by atoms with Gasteiger partial charge in [-0.3, -0.25) is 9.59 Å². The van der Waals surface area contributed by atoms with Crippen LogP contribution < -0.4 is 9.47 Å². The van der Waals surface area contributed by atoms with Crippen LogP contribution in [0.15, 0.2) is 59.7 Å². The summed E-state index contributed by atoms with van der Waals surface area (Å²) in [7, 11) is 3.02. The van der Waals surface area contributed by atoms with E-state index in [2.05, 4.69) is 0 Å². The molecule has 0 spiro atoms. The molecule has 2 aromatic rings. The molecule has 0 bridgehead atoms. The van der Waals surface area contributed by atoms with E-state index >= 15 is 0 Å². The van der Waals surface area contributed by atoms with Gasteiger partial charge in [-0.1, -0.05) is 17.7 Å². The molecule has 0 aliphatic heterocycles. The van der Waals surface area contributed by atoms with Gasteiger partial charge in [-0.15, -0.1) is 0 Å². The van der Waals surface area contributed by atoms with E-state index in [1.807, 2.05) is 13.8 Å². The standard InChI is InChI=1S/C27H26O8/c1-15(2)5-10-21(17-14-20(30)25-18(28)8-9-19(29)26(25)27(17)32)35-24(31)12-7-16-6-11-22(33-3)23(13-16)34-4/h5-9,11-14,21,28-29H,10H2,1-4H3/b12-7+. The largest absolute Gasteiger partial charge is 0.507 e. The fraction of sp³-hybridized carbons (Fsp3) is 0.222. The van der Waals surface area contributed by atoms with Crippen LogP contribution in [0, 0.1) is 0 Å². The molecule has 2 aromatic carbocycles. The summed E-state index contributed by atoms with van der Waals surface area (Å²) in [6, 6.07) is 7.37. The zero-order chi connectivity index (χ0) is 25.7. The van der Waals surface area contributed by atoms with Crippen LogP contribution >= 0.6 is 0 Å². The van der Waals surface area contributed by atoms with Crippen LogP contribution in [0.2, 0.25) is 0 Å². The number of Topliss-reactive ketones (excluding diaryl/α,β-unsaturated/α-hetero) is 1. The molecule has 8 nitrogen and oxygen atoms in total. The summed E-state index contributed by atoms with van der Waals surface area (Å²) in [4.78, 5) is 38.5. The van der Waals surface area contributed by atoms with Crippen molar-refractivity contribution in [3.63, 3.8) is 0 Å². The van der Waals surface area contributed by atoms with E-state index in [9.17, 15) is 24.6 Å². The van der Waals surface area contributed by atoms with Crippen molar-refractivity contribution in [2.75, 3.05) is 14.2 Å². The second kappa shape index (κ2) is 10.7. The molecular weight excluding hydrogens is 452 g/mol. The summed E-state index contributed by atoms with van der Waals surface area (Å²) in [5.74, 6) is -1.93. The highest BCUT2D eigenvalue weighted by molar-refractivity contribution is 6.27. The number of esters is 1. The van der Waals surface area contributed by atoms with Gasteiger partial charge in [0.25, 0.3) is 0 Å². The Labute approximate surface area is 202 Å². The molecule has 0 saturated carbocycles. The predicted octanol–water partition coefficient (Wildman–Crippen LogP) is 4.40. The lowest BCUT2D eigenvalue weighted by molar-refractivity contribution is -0.140. The first-order valence-corrected chi connectivity index (χ1v) is 10.8. The van der Waals surface area contributed by atoms with E-state index < -0.39 is 35.1 Å². The number of hydrogen-bond donors (Lipinski definition) is 2. The Morgan fingerprint density at radius 2 is 1.63 bits per heavy atom. The molecule has 0 aromatic heterocycles. The van der Waals surface area contributed by atoms with Crippen LogP contribution in [0.5, 0.6) is 23.0 Å². The molecule has 35 heavy (non-hydrogen) atoms. The first-order valence-electron chi connectivity index (χ1n) is 10.8. The molecule has 1 aliphatic rings. The Balaban J connectivity index is 1.89. The molecule has 2 N–H and O–H groups in total. The van der Waals surface area contributed by atoms with Gasteiger partial charge in [0.05, 0.1) is 25.3 Å². The smallest absolute Gasteiger partial charge is 0.331 e. The van der Waals surface area contributed by atoms with Crippen molar-refractivity contribution in [3.8, 4) is 23.0 Å². The highest BCUT2D eigenvalue weighted by atomic mass is 16.5. The number of fused-ring (bicyclic) bond motifs is 1. The number of carbonyl (C=O) groups excluding carboxylic acids is 3. The number of aromatic hydroxyl groups is 2. The van der Waals surface area contributed by atoms with Crippen LogP contribution in [0.1, 0.15) is 46.5 Å². The van der Waals surface area contributed by atoms with E-state index in [1.54, 1.807) is 24.3 Å².